The van der Waals surface area contributed by atoms with E-state index in [1.165, 1.54) is 148 Å². The predicted molar refractivity (Wildman–Crippen MR) is 341 cm³/mol. The third kappa shape index (κ3) is 60.8. The molecule has 0 fully saturated rings. The topological polar surface area (TPSA) is 105 Å². The van der Waals surface area contributed by atoms with Crippen molar-refractivity contribution in [3.8, 4) is 0 Å². The molecule has 1 amide bonds. The summed E-state index contributed by atoms with van der Waals surface area (Å²) in [6.07, 6.45) is 86.3. The van der Waals surface area contributed by atoms with Crippen molar-refractivity contribution in [2.24, 2.45) is 0 Å². The average molecular weight is 1110 g/mol. The minimum absolute atomic E-state index is 0.0530. The van der Waals surface area contributed by atoms with Gasteiger partial charge < -0.3 is 19.8 Å². The number of hydrogen-bond donors (Lipinski definition) is 3. The largest absolute Gasteiger partial charge is 0.472 e. The summed E-state index contributed by atoms with van der Waals surface area (Å²) in [7, 11) is 1.55. The molecule has 8 nitrogen and oxygen atoms in total. The van der Waals surface area contributed by atoms with Gasteiger partial charge in [-0.3, -0.25) is 13.8 Å². The SMILES string of the molecule is CC/C=C\C/C=C\C/C=C\C/C=C\C/C=C\C/C=C\C/C=C\C/C=C\CCCCCCCCC(=O)NC(COP(=O)(O)OCC[N+](C)(C)C)C(O)/C=C/CCCCCCCCCCCCCCCCCCCCCCCCC. The van der Waals surface area contributed by atoms with E-state index in [0.29, 0.717) is 17.4 Å². The van der Waals surface area contributed by atoms with Gasteiger partial charge in [0.05, 0.1) is 39.9 Å². The second-order valence-electron chi connectivity index (χ2n) is 22.8. The highest BCUT2D eigenvalue weighted by molar-refractivity contribution is 7.47. The van der Waals surface area contributed by atoms with Crippen LogP contribution in [-0.2, 0) is 18.4 Å². The maximum Gasteiger partial charge on any atom is 0.472 e. The number of allylic oxidation sites excluding steroid dienone is 17. The summed E-state index contributed by atoms with van der Waals surface area (Å²) < 4.78 is 23.8. The fourth-order valence-corrected chi connectivity index (χ4v) is 9.74. The predicted octanol–water partition coefficient (Wildman–Crippen LogP) is 20.3. The van der Waals surface area contributed by atoms with Crippen LogP contribution in [0.1, 0.15) is 271 Å². The zero-order valence-electron chi connectivity index (χ0n) is 51.4. The van der Waals surface area contributed by atoms with Gasteiger partial charge in [0.1, 0.15) is 13.2 Å². The van der Waals surface area contributed by atoms with E-state index < -0.39 is 20.0 Å². The van der Waals surface area contributed by atoms with Gasteiger partial charge in [0.25, 0.3) is 0 Å². The molecule has 0 bridgehead atoms. The number of unbranched alkanes of at least 4 members (excludes halogenated alkanes) is 29. The Kier molecular flexibility index (Phi) is 56.7. The number of aliphatic hydroxyl groups is 1. The van der Waals surface area contributed by atoms with E-state index in [4.69, 9.17) is 9.05 Å². The van der Waals surface area contributed by atoms with E-state index in [-0.39, 0.29) is 19.1 Å². The molecule has 0 radical (unpaired) electrons. The number of likely N-dealkylation sites (N-methyl/N-ethyl adjacent to an activating group) is 1. The van der Waals surface area contributed by atoms with Gasteiger partial charge in [-0.05, 0) is 83.5 Å². The van der Waals surface area contributed by atoms with E-state index in [2.05, 4.69) is 116 Å². The van der Waals surface area contributed by atoms with Crippen molar-refractivity contribution in [3.05, 3.63) is 109 Å². The number of amides is 1. The van der Waals surface area contributed by atoms with Gasteiger partial charge in [-0.15, -0.1) is 0 Å². The van der Waals surface area contributed by atoms with Gasteiger partial charge in [-0.25, -0.2) is 4.57 Å². The highest BCUT2D eigenvalue weighted by atomic mass is 31.2. The van der Waals surface area contributed by atoms with Crippen LogP contribution < -0.4 is 5.32 Å². The molecule has 0 heterocycles. The lowest BCUT2D eigenvalue weighted by Gasteiger charge is -2.25. The molecule has 3 atom stereocenters. The first kappa shape index (κ1) is 75.2. The summed E-state index contributed by atoms with van der Waals surface area (Å²) in [6.45, 7) is 4.71. The van der Waals surface area contributed by atoms with Crippen LogP contribution in [0, 0.1) is 0 Å². The van der Waals surface area contributed by atoms with Crippen molar-refractivity contribution in [1.82, 2.24) is 5.32 Å². The molecule has 0 aromatic heterocycles. The van der Waals surface area contributed by atoms with Gasteiger partial charge in [-0.1, -0.05) is 290 Å². The number of phosphoric ester groups is 1. The Bertz CT molecular complexity index is 1640. The van der Waals surface area contributed by atoms with Crippen LogP contribution in [-0.4, -0.2) is 73.4 Å². The number of rotatable bonds is 58. The molecule has 0 saturated heterocycles. The molecule has 0 aliphatic rings. The van der Waals surface area contributed by atoms with Gasteiger partial charge in [0, 0.05) is 6.42 Å². The third-order valence-corrected chi connectivity index (χ3v) is 15.0. The minimum atomic E-state index is -4.36. The van der Waals surface area contributed by atoms with Crippen LogP contribution in [0.25, 0.3) is 0 Å². The number of aliphatic hydroxyl groups excluding tert-OH is 1. The molecule has 0 aliphatic heterocycles. The Hall–Kier alpha value is -2.84. The molecule has 0 aliphatic carbocycles. The van der Waals surface area contributed by atoms with Gasteiger partial charge >= 0.3 is 7.82 Å². The highest BCUT2D eigenvalue weighted by Crippen LogP contribution is 2.43. The van der Waals surface area contributed by atoms with Crippen LogP contribution in [0.4, 0.5) is 0 Å². The van der Waals surface area contributed by atoms with E-state index in [9.17, 15) is 19.4 Å². The lowest BCUT2D eigenvalue weighted by Crippen LogP contribution is -2.45. The molecule has 0 spiro atoms. The summed E-state index contributed by atoms with van der Waals surface area (Å²) in [5, 5.41) is 14.0. The summed E-state index contributed by atoms with van der Waals surface area (Å²) in [6, 6.07) is -0.864. The molecule has 0 saturated carbocycles. The Morgan fingerprint density at radius 2 is 0.769 bits per heavy atom. The Morgan fingerprint density at radius 3 is 1.13 bits per heavy atom. The number of hydrogen-bond acceptors (Lipinski definition) is 5. The molecule has 0 rings (SSSR count). The van der Waals surface area contributed by atoms with Crippen molar-refractivity contribution in [2.75, 3.05) is 40.9 Å². The summed E-state index contributed by atoms with van der Waals surface area (Å²) >= 11 is 0. The second-order valence-corrected chi connectivity index (χ2v) is 24.2. The quantitative estimate of drug-likeness (QED) is 0.0243. The fourth-order valence-electron chi connectivity index (χ4n) is 9.00. The molecular weight excluding hydrogens is 984 g/mol. The summed E-state index contributed by atoms with van der Waals surface area (Å²) in [5.74, 6) is -0.193. The number of nitrogens with zero attached hydrogens (tertiary/aromatic N) is 1. The monoisotopic (exact) mass is 1110 g/mol. The average Bonchev–Trinajstić information content (AvgIpc) is 3.41. The van der Waals surface area contributed by atoms with Crippen molar-refractivity contribution in [3.63, 3.8) is 0 Å². The number of carbonyl (C=O) groups excluding carboxylic acids is 1. The maximum atomic E-state index is 13.0. The van der Waals surface area contributed by atoms with Gasteiger partial charge in [0.15, 0.2) is 0 Å². The van der Waals surface area contributed by atoms with Crippen LogP contribution in [0.15, 0.2) is 109 Å². The molecule has 450 valence electrons. The van der Waals surface area contributed by atoms with Gasteiger partial charge in [0.2, 0.25) is 5.91 Å². The highest BCUT2D eigenvalue weighted by Gasteiger charge is 2.27. The number of phosphoric acid groups is 1. The molecule has 0 aromatic carbocycles. The van der Waals surface area contributed by atoms with E-state index in [1.54, 1.807) is 6.08 Å². The van der Waals surface area contributed by atoms with Crippen LogP contribution in [0.2, 0.25) is 0 Å². The minimum Gasteiger partial charge on any atom is -0.387 e. The molecule has 78 heavy (non-hydrogen) atoms. The standard InChI is InChI=1S/C69H123N2O6P/c1-6-8-10-12-14-16-18-20-22-24-26-28-30-32-33-34-35-36-37-39-41-43-45-47-49-51-53-55-57-59-61-63-69(73)70-67(66-77-78(74,75)76-65-64-71(3,4)5)68(72)62-60-58-56-54-52-50-48-46-44-42-40-38-31-29-27-25-23-21-19-17-15-13-11-9-7-2/h8,10,14,16,20,22,26,28,32-33,35-36,39,41,45,47,60,62,67-68,72H,6-7,9,11-13,15,17-19,21,23-25,27,29-31,34,37-38,40,42-44,46,48-59,61,63-66H2,1-5H3,(H-,70,73,74,75)/p+1/b10-8-,16-14-,22-20-,28-26-,33-32-,36-35-,41-39-,47-45-,62-60+. The van der Waals surface area contributed by atoms with Crippen molar-refractivity contribution < 1.29 is 32.9 Å². The van der Waals surface area contributed by atoms with Gasteiger partial charge in [-0.2, -0.15) is 0 Å². The molecular formula is C69H124N2O6P+. The molecule has 3 unspecified atom stereocenters. The Balaban J connectivity index is 4.23. The second kappa shape index (κ2) is 58.8. The first-order valence-electron chi connectivity index (χ1n) is 32.3. The van der Waals surface area contributed by atoms with Crippen molar-refractivity contribution in [1.29, 1.82) is 0 Å². The maximum absolute atomic E-state index is 13.0. The first-order valence-corrected chi connectivity index (χ1v) is 33.8. The Labute approximate surface area is 482 Å². The fraction of sp³-hybridized carbons (Fsp3) is 0.725. The summed E-state index contributed by atoms with van der Waals surface area (Å²) in [4.78, 5) is 23.4. The molecule has 0 aromatic rings. The Morgan fingerprint density at radius 1 is 0.449 bits per heavy atom. The van der Waals surface area contributed by atoms with E-state index >= 15 is 0 Å². The van der Waals surface area contributed by atoms with Crippen LogP contribution in [0.3, 0.4) is 0 Å². The summed E-state index contributed by atoms with van der Waals surface area (Å²) in [5.41, 5.74) is 0. The lowest BCUT2D eigenvalue weighted by atomic mass is 10.0. The number of carbonyl (C=O) groups is 1. The molecule has 3 N–H and O–H groups in total. The zero-order chi connectivity index (χ0) is 57.0. The number of quaternary nitrogens is 1. The lowest BCUT2D eigenvalue weighted by molar-refractivity contribution is -0.870. The number of nitrogens with one attached hydrogen (secondary N) is 1. The zero-order valence-corrected chi connectivity index (χ0v) is 52.3. The molecule has 9 heteroatoms. The third-order valence-electron chi connectivity index (χ3n) is 14.0. The smallest absolute Gasteiger partial charge is 0.387 e. The normalized spacial score (nSPS) is 14.5. The first-order chi connectivity index (χ1) is 38.0. The van der Waals surface area contributed by atoms with Crippen molar-refractivity contribution in [2.45, 2.75) is 283 Å². The van der Waals surface area contributed by atoms with Crippen molar-refractivity contribution >= 4 is 13.7 Å². The van der Waals surface area contributed by atoms with E-state index in [0.717, 1.165) is 103 Å². The van der Waals surface area contributed by atoms with Crippen LogP contribution >= 0.6 is 7.82 Å². The van der Waals surface area contributed by atoms with Crippen LogP contribution in [0.5, 0.6) is 0 Å². The van der Waals surface area contributed by atoms with E-state index in [1.807, 2.05) is 27.2 Å².